The second kappa shape index (κ2) is 6.84. The van der Waals surface area contributed by atoms with Crippen LogP contribution in [-0.4, -0.2) is 22.2 Å². The lowest BCUT2D eigenvalue weighted by atomic mass is 10.2. The molecule has 5 nitrogen and oxygen atoms in total. The van der Waals surface area contributed by atoms with Crippen LogP contribution in [0.15, 0.2) is 24.3 Å². The van der Waals surface area contributed by atoms with Crippen LogP contribution in [0.4, 0.5) is 0 Å². The minimum absolute atomic E-state index is 0.155. The highest BCUT2D eigenvalue weighted by Gasteiger charge is 2.26. The minimum atomic E-state index is -1.27. The largest absolute Gasteiger partial charge is 0.505 e. The molecule has 0 saturated carbocycles. The monoisotopic (exact) mass is 394 g/mol. The van der Waals surface area contributed by atoms with Crippen LogP contribution in [0, 0.1) is 0 Å². The Morgan fingerprint density at radius 3 is 1.35 bits per heavy atom. The third-order valence-corrected chi connectivity index (χ3v) is 3.99. The van der Waals surface area contributed by atoms with E-state index in [4.69, 9.17) is 46.4 Å². The number of hydrogen-bond acceptors (Lipinski definition) is 5. The first-order valence-electron chi connectivity index (χ1n) is 5.84. The van der Waals surface area contributed by atoms with E-state index in [2.05, 4.69) is 4.74 Å². The second-order valence-electron chi connectivity index (χ2n) is 4.18. The van der Waals surface area contributed by atoms with Gasteiger partial charge in [0.2, 0.25) is 0 Å². The van der Waals surface area contributed by atoms with E-state index in [0.29, 0.717) is 0 Å². The van der Waals surface area contributed by atoms with Gasteiger partial charge in [0, 0.05) is 0 Å². The molecule has 2 rings (SSSR count). The summed E-state index contributed by atoms with van der Waals surface area (Å²) in [6.07, 6.45) is 0. The van der Waals surface area contributed by atoms with E-state index in [9.17, 15) is 19.8 Å². The van der Waals surface area contributed by atoms with Gasteiger partial charge in [-0.1, -0.05) is 46.4 Å². The van der Waals surface area contributed by atoms with Crippen LogP contribution < -0.4 is 0 Å². The lowest BCUT2D eigenvalue weighted by molar-refractivity contribution is 0.0395. The summed E-state index contributed by atoms with van der Waals surface area (Å²) >= 11 is 22.9. The fraction of sp³-hybridized carbons (Fsp3) is 0. The number of ether oxygens (including phenoxy) is 1. The first-order chi connectivity index (χ1) is 10.7. The molecule has 2 N–H and O–H groups in total. The summed E-state index contributed by atoms with van der Waals surface area (Å²) in [5, 5.41) is 18.9. The van der Waals surface area contributed by atoms with Crippen molar-refractivity contribution in [3.05, 3.63) is 55.5 Å². The van der Waals surface area contributed by atoms with Crippen LogP contribution in [-0.2, 0) is 4.74 Å². The average molecular weight is 396 g/mol. The summed E-state index contributed by atoms with van der Waals surface area (Å²) < 4.78 is 4.57. The molecule has 0 atom stereocenters. The number of carbonyl (C=O) groups excluding carboxylic acids is 2. The van der Waals surface area contributed by atoms with Gasteiger partial charge in [0.1, 0.15) is 22.6 Å². The number of hydrogen-bond donors (Lipinski definition) is 2. The van der Waals surface area contributed by atoms with Crippen LogP contribution in [0.3, 0.4) is 0 Å². The molecule has 23 heavy (non-hydrogen) atoms. The number of carbonyl (C=O) groups is 2. The molecular weight excluding hydrogens is 390 g/mol. The lowest BCUT2D eigenvalue weighted by Gasteiger charge is -2.10. The molecule has 0 spiro atoms. The smallest absolute Gasteiger partial charge is 0.351 e. The molecule has 0 aliphatic carbocycles. The maximum Gasteiger partial charge on any atom is 0.351 e. The number of benzene rings is 2. The van der Waals surface area contributed by atoms with Crippen LogP contribution >= 0.6 is 46.4 Å². The van der Waals surface area contributed by atoms with Gasteiger partial charge in [-0.3, -0.25) is 0 Å². The van der Waals surface area contributed by atoms with E-state index in [-0.39, 0.29) is 20.1 Å². The van der Waals surface area contributed by atoms with Crippen molar-refractivity contribution in [3.63, 3.8) is 0 Å². The Kier molecular flexibility index (Phi) is 5.26. The van der Waals surface area contributed by atoms with Crippen LogP contribution in [0.5, 0.6) is 11.5 Å². The molecular formula is C14H6Cl4O5. The van der Waals surface area contributed by atoms with Crippen molar-refractivity contribution in [1.29, 1.82) is 0 Å². The van der Waals surface area contributed by atoms with Crippen LogP contribution in [0.2, 0.25) is 20.1 Å². The van der Waals surface area contributed by atoms with E-state index < -0.39 is 34.6 Å². The van der Waals surface area contributed by atoms with Crippen molar-refractivity contribution in [1.82, 2.24) is 0 Å². The SMILES string of the molecule is O=C(OC(=O)c1c(Cl)ccc(Cl)c1O)c1c(Cl)ccc(Cl)c1O. The maximum atomic E-state index is 12.0. The molecule has 2 aromatic rings. The molecule has 0 heterocycles. The average Bonchev–Trinajstić information content (AvgIpc) is 2.47. The van der Waals surface area contributed by atoms with Crippen molar-refractivity contribution < 1.29 is 24.5 Å². The van der Waals surface area contributed by atoms with E-state index in [1.807, 2.05) is 0 Å². The molecule has 0 unspecified atom stereocenters. The van der Waals surface area contributed by atoms with Gasteiger partial charge >= 0.3 is 11.9 Å². The maximum absolute atomic E-state index is 12.0. The number of aromatic hydroxyl groups is 2. The van der Waals surface area contributed by atoms with Gasteiger partial charge in [-0.2, -0.15) is 0 Å². The minimum Gasteiger partial charge on any atom is -0.505 e. The van der Waals surface area contributed by atoms with Gasteiger partial charge in [-0.25, -0.2) is 9.59 Å². The van der Waals surface area contributed by atoms with Crippen molar-refractivity contribution in [3.8, 4) is 11.5 Å². The second-order valence-corrected chi connectivity index (χ2v) is 5.81. The van der Waals surface area contributed by atoms with Crippen molar-refractivity contribution in [2.24, 2.45) is 0 Å². The highest BCUT2D eigenvalue weighted by molar-refractivity contribution is 6.38. The normalized spacial score (nSPS) is 10.4. The van der Waals surface area contributed by atoms with Gasteiger partial charge < -0.3 is 14.9 Å². The van der Waals surface area contributed by atoms with Gasteiger partial charge in [0.05, 0.1) is 20.1 Å². The molecule has 0 fully saturated rings. The molecule has 0 saturated heterocycles. The molecule has 9 heteroatoms. The molecule has 0 radical (unpaired) electrons. The first kappa shape index (κ1) is 17.7. The zero-order valence-corrected chi connectivity index (χ0v) is 14.0. The zero-order chi connectivity index (χ0) is 17.3. The fourth-order valence-electron chi connectivity index (χ4n) is 1.66. The third-order valence-electron chi connectivity index (χ3n) is 2.75. The third kappa shape index (κ3) is 3.48. The van der Waals surface area contributed by atoms with Crippen LogP contribution in [0.1, 0.15) is 20.7 Å². The van der Waals surface area contributed by atoms with E-state index in [1.165, 1.54) is 24.3 Å². The Balaban J connectivity index is 2.37. The van der Waals surface area contributed by atoms with Gasteiger partial charge in [0.25, 0.3) is 0 Å². The molecule has 120 valence electrons. The number of esters is 2. The molecule has 0 bridgehead atoms. The summed E-state index contributed by atoms with van der Waals surface area (Å²) in [6.45, 7) is 0. The quantitative estimate of drug-likeness (QED) is 0.568. The molecule has 0 aromatic heterocycles. The topological polar surface area (TPSA) is 83.8 Å². The summed E-state index contributed by atoms with van der Waals surface area (Å²) in [4.78, 5) is 24.1. The Bertz CT molecular complexity index is 752. The van der Waals surface area contributed by atoms with Gasteiger partial charge in [0.15, 0.2) is 0 Å². The summed E-state index contributed by atoms with van der Waals surface area (Å²) in [7, 11) is 0. The summed E-state index contributed by atoms with van der Waals surface area (Å²) in [5.74, 6) is -3.82. The van der Waals surface area contributed by atoms with Crippen LogP contribution in [0.25, 0.3) is 0 Å². The lowest BCUT2D eigenvalue weighted by Crippen LogP contribution is -2.14. The molecule has 0 aliphatic heterocycles. The van der Waals surface area contributed by atoms with Crippen molar-refractivity contribution >= 4 is 58.3 Å². The molecule has 0 aliphatic rings. The Hall–Kier alpha value is -1.66. The zero-order valence-electron chi connectivity index (χ0n) is 10.9. The molecule has 2 aromatic carbocycles. The number of rotatable bonds is 2. The number of halogens is 4. The van der Waals surface area contributed by atoms with Gasteiger partial charge in [-0.15, -0.1) is 0 Å². The predicted octanol–water partition coefficient (Wildman–Crippen LogP) is 4.71. The number of phenols is 2. The standard InChI is InChI=1S/C14H6Cl4O5/c15-5-1-3-7(17)11(19)9(5)13(21)23-14(22)10-6(16)2-4-8(18)12(10)20/h1-4,19-20H. The van der Waals surface area contributed by atoms with Crippen molar-refractivity contribution in [2.45, 2.75) is 0 Å². The Morgan fingerprint density at radius 2 is 1.00 bits per heavy atom. The molecule has 0 amide bonds. The first-order valence-corrected chi connectivity index (χ1v) is 7.35. The Morgan fingerprint density at radius 1 is 0.696 bits per heavy atom. The van der Waals surface area contributed by atoms with E-state index >= 15 is 0 Å². The predicted molar refractivity (Wildman–Crippen MR) is 86.0 cm³/mol. The van der Waals surface area contributed by atoms with Gasteiger partial charge in [-0.05, 0) is 24.3 Å². The highest BCUT2D eigenvalue weighted by Crippen LogP contribution is 2.35. The highest BCUT2D eigenvalue weighted by atomic mass is 35.5. The van der Waals surface area contributed by atoms with Crippen molar-refractivity contribution in [2.75, 3.05) is 0 Å². The van der Waals surface area contributed by atoms with E-state index in [0.717, 1.165) is 0 Å². The van der Waals surface area contributed by atoms with E-state index in [1.54, 1.807) is 0 Å². The summed E-state index contributed by atoms with van der Waals surface area (Å²) in [5.41, 5.74) is -0.990. The Labute approximate surface area is 149 Å². The summed E-state index contributed by atoms with van der Waals surface area (Å²) in [6, 6.07) is 5.01. The fourth-order valence-corrected chi connectivity index (χ4v) is 2.43. The number of phenolic OH excluding ortho intramolecular Hbond substituents is 2.